The van der Waals surface area contributed by atoms with Gasteiger partial charge in [0.2, 0.25) is 5.91 Å². The molecule has 0 aromatic heterocycles. The summed E-state index contributed by atoms with van der Waals surface area (Å²) in [6.45, 7) is 9.49. The molecule has 19 heavy (non-hydrogen) atoms. The highest BCUT2D eigenvalue weighted by atomic mass is 16.2. The predicted octanol–water partition coefficient (Wildman–Crippen LogP) is 2.00. The first kappa shape index (κ1) is 15.5. The number of anilines is 1. The van der Waals surface area contributed by atoms with Crippen LogP contribution < -0.4 is 11.1 Å². The number of nitrogen functional groups attached to an aromatic ring is 1. The summed E-state index contributed by atoms with van der Waals surface area (Å²) in [5.41, 5.74) is 7.67. The molecule has 3 N–H and O–H groups in total. The topological polar surface area (TPSA) is 58.4 Å². The highest BCUT2D eigenvalue weighted by Crippen LogP contribution is 2.11. The Balaban J connectivity index is 2.69. The number of amides is 1. The number of hydrogen-bond donors (Lipinski definition) is 2. The third-order valence-electron chi connectivity index (χ3n) is 3.10. The Hall–Kier alpha value is -1.55. The summed E-state index contributed by atoms with van der Waals surface area (Å²) in [6.07, 6.45) is 0. The van der Waals surface area contributed by atoms with Crippen LogP contribution in [0.1, 0.15) is 33.3 Å². The van der Waals surface area contributed by atoms with Crippen LogP contribution in [0.25, 0.3) is 0 Å². The van der Waals surface area contributed by atoms with Crippen molar-refractivity contribution in [1.82, 2.24) is 10.2 Å². The van der Waals surface area contributed by atoms with Gasteiger partial charge in [-0.3, -0.25) is 9.69 Å². The van der Waals surface area contributed by atoms with E-state index < -0.39 is 0 Å². The van der Waals surface area contributed by atoms with Crippen LogP contribution in [0.3, 0.4) is 0 Å². The lowest BCUT2D eigenvalue weighted by molar-refractivity contribution is -0.126. The van der Waals surface area contributed by atoms with E-state index in [0.717, 1.165) is 24.3 Å². The number of nitrogens with zero attached hydrogens (tertiary/aromatic N) is 1. The molecule has 0 spiro atoms. The normalized spacial score (nSPS) is 12.7. The molecule has 0 bridgehead atoms. The molecule has 0 heterocycles. The van der Waals surface area contributed by atoms with Crippen LogP contribution in [0.15, 0.2) is 24.3 Å². The van der Waals surface area contributed by atoms with Gasteiger partial charge in [-0.25, -0.2) is 0 Å². The van der Waals surface area contributed by atoms with Crippen molar-refractivity contribution >= 4 is 11.6 Å². The van der Waals surface area contributed by atoms with E-state index in [1.54, 1.807) is 0 Å². The molecular formula is C15H25N3O. The van der Waals surface area contributed by atoms with Gasteiger partial charge in [-0.2, -0.15) is 0 Å². The number of carbonyl (C=O) groups is 1. The second-order valence-corrected chi connectivity index (χ2v) is 5.15. The van der Waals surface area contributed by atoms with Gasteiger partial charge < -0.3 is 11.1 Å². The summed E-state index contributed by atoms with van der Waals surface area (Å²) in [4.78, 5) is 14.2. The van der Waals surface area contributed by atoms with Gasteiger partial charge in [0.25, 0.3) is 0 Å². The summed E-state index contributed by atoms with van der Waals surface area (Å²) in [6, 6.07) is 7.82. The standard InChI is InChI=1S/C15H25N3O/c1-5-18(12(4)15(19)17-11(2)3)10-13-7-6-8-14(16)9-13/h6-9,11-12H,5,10,16H2,1-4H3,(H,17,19). The molecule has 106 valence electrons. The fraction of sp³-hybridized carbons (Fsp3) is 0.533. The fourth-order valence-electron chi connectivity index (χ4n) is 2.02. The van der Waals surface area contributed by atoms with Crippen LogP contribution in [-0.2, 0) is 11.3 Å². The van der Waals surface area contributed by atoms with Crippen molar-refractivity contribution < 1.29 is 4.79 Å². The molecule has 0 radical (unpaired) electrons. The minimum absolute atomic E-state index is 0.0701. The summed E-state index contributed by atoms with van der Waals surface area (Å²) in [5.74, 6) is 0.0701. The minimum Gasteiger partial charge on any atom is -0.399 e. The van der Waals surface area contributed by atoms with Crippen molar-refractivity contribution in [3.05, 3.63) is 29.8 Å². The van der Waals surface area contributed by atoms with Crippen molar-refractivity contribution in [3.8, 4) is 0 Å². The Labute approximate surface area is 116 Å². The first-order valence-electron chi connectivity index (χ1n) is 6.82. The van der Waals surface area contributed by atoms with Crippen LogP contribution in [0.2, 0.25) is 0 Å². The number of benzene rings is 1. The molecule has 0 fully saturated rings. The molecular weight excluding hydrogens is 238 g/mol. The quantitative estimate of drug-likeness (QED) is 0.772. The highest BCUT2D eigenvalue weighted by Gasteiger charge is 2.20. The molecule has 0 aliphatic rings. The third kappa shape index (κ3) is 4.91. The van der Waals surface area contributed by atoms with Crippen LogP contribution in [0, 0.1) is 0 Å². The van der Waals surface area contributed by atoms with E-state index in [1.807, 2.05) is 45.0 Å². The van der Waals surface area contributed by atoms with Crippen LogP contribution >= 0.6 is 0 Å². The first-order chi connectivity index (χ1) is 8.93. The van der Waals surface area contributed by atoms with Crippen molar-refractivity contribution in [2.45, 2.75) is 46.3 Å². The SMILES string of the molecule is CCN(Cc1cccc(N)c1)C(C)C(=O)NC(C)C. The van der Waals surface area contributed by atoms with Crippen molar-refractivity contribution in [2.24, 2.45) is 0 Å². The van der Waals surface area contributed by atoms with E-state index in [9.17, 15) is 4.79 Å². The molecule has 0 saturated carbocycles. The minimum atomic E-state index is -0.145. The van der Waals surface area contributed by atoms with E-state index in [4.69, 9.17) is 5.73 Å². The largest absolute Gasteiger partial charge is 0.399 e. The average Bonchev–Trinajstić information content (AvgIpc) is 2.34. The van der Waals surface area contributed by atoms with Crippen molar-refractivity contribution in [2.75, 3.05) is 12.3 Å². The Morgan fingerprint density at radius 3 is 2.58 bits per heavy atom. The van der Waals surface area contributed by atoms with Crippen molar-refractivity contribution in [1.29, 1.82) is 0 Å². The molecule has 1 atom stereocenters. The van der Waals surface area contributed by atoms with Gasteiger partial charge >= 0.3 is 0 Å². The van der Waals surface area contributed by atoms with Crippen LogP contribution in [0.5, 0.6) is 0 Å². The Kier molecular flexibility index (Phi) is 5.83. The number of nitrogens with two attached hydrogens (primary N) is 1. The van der Waals surface area contributed by atoms with E-state index in [1.165, 1.54) is 0 Å². The summed E-state index contributed by atoms with van der Waals surface area (Å²) in [5, 5.41) is 2.95. The average molecular weight is 263 g/mol. The monoisotopic (exact) mass is 263 g/mol. The second kappa shape index (κ2) is 7.14. The molecule has 1 aromatic carbocycles. The van der Waals surface area contributed by atoms with Crippen molar-refractivity contribution in [3.63, 3.8) is 0 Å². The summed E-state index contributed by atoms with van der Waals surface area (Å²) in [7, 11) is 0. The van der Waals surface area contributed by atoms with Gasteiger partial charge in [0, 0.05) is 18.3 Å². The lowest BCUT2D eigenvalue weighted by atomic mass is 10.1. The van der Waals surface area contributed by atoms with Gasteiger partial charge in [0.05, 0.1) is 6.04 Å². The van der Waals surface area contributed by atoms with Gasteiger partial charge in [-0.05, 0) is 45.0 Å². The maximum atomic E-state index is 12.0. The molecule has 4 heteroatoms. The third-order valence-corrected chi connectivity index (χ3v) is 3.10. The molecule has 0 aliphatic carbocycles. The zero-order valence-electron chi connectivity index (χ0n) is 12.3. The number of carbonyl (C=O) groups excluding carboxylic acids is 1. The number of rotatable bonds is 6. The first-order valence-corrected chi connectivity index (χ1v) is 6.82. The van der Waals surface area contributed by atoms with Crippen LogP contribution in [-0.4, -0.2) is 29.4 Å². The molecule has 1 aromatic rings. The molecule has 1 rings (SSSR count). The van der Waals surface area contributed by atoms with Crippen LogP contribution in [0.4, 0.5) is 5.69 Å². The molecule has 0 saturated heterocycles. The van der Waals surface area contributed by atoms with Gasteiger partial charge in [0.15, 0.2) is 0 Å². The Morgan fingerprint density at radius 2 is 2.05 bits per heavy atom. The second-order valence-electron chi connectivity index (χ2n) is 5.15. The van der Waals surface area contributed by atoms with E-state index in [2.05, 4.69) is 17.1 Å². The number of hydrogen-bond acceptors (Lipinski definition) is 3. The predicted molar refractivity (Wildman–Crippen MR) is 79.7 cm³/mol. The van der Waals surface area contributed by atoms with Gasteiger partial charge in [-0.1, -0.05) is 19.1 Å². The Morgan fingerprint density at radius 1 is 1.37 bits per heavy atom. The lowest BCUT2D eigenvalue weighted by Crippen LogP contribution is -2.46. The maximum Gasteiger partial charge on any atom is 0.237 e. The Bertz CT molecular complexity index is 418. The molecule has 0 aliphatic heterocycles. The highest BCUT2D eigenvalue weighted by molar-refractivity contribution is 5.81. The number of nitrogens with one attached hydrogen (secondary N) is 1. The molecule has 4 nitrogen and oxygen atoms in total. The fourth-order valence-corrected chi connectivity index (χ4v) is 2.02. The maximum absolute atomic E-state index is 12.0. The molecule has 1 unspecified atom stereocenters. The number of likely N-dealkylation sites (N-methyl/N-ethyl adjacent to an activating group) is 1. The smallest absolute Gasteiger partial charge is 0.237 e. The summed E-state index contributed by atoms with van der Waals surface area (Å²) < 4.78 is 0. The van der Waals surface area contributed by atoms with E-state index in [-0.39, 0.29) is 18.0 Å². The van der Waals surface area contributed by atoms with E-state index in [0.29, 0.717) is 0 Å². The zero-order valence-corrected chi connectivity index (χ0v) is 12.3. The van der Waals surface area contributed by atoms with E-state index >= 15 is 0 Å². The summed E-state index contributed by atoms with van der Waals surface area (Å²) >= 11 is 0. The van der Waals surface area contributed by atoms with Gasteiger partial charge in [-0.15, -0.1) is 0 Å². The molecule has 1 amide bonds. The lowest BCUT2D eigenvalue weighted by Gasteiger charge is -2.27. The van der Waals surface area contributed by atoms with Gasteiger partial charge in [0.1, 0.15) is 0 Å². The zero-order chi connectivity index (χ0) is 14.4.